The van der Waals surface area contributed by atoms with E-state index in [-0.39, 0.29) is 0 Å². The van der Waals surface area contributed by atoms with E-state index in [0.29, 0.717) is 15.8 Å². The quantitative estimate of drug-likeness (QED) is 0.706. The molecule has 2 aromatic heterocycles. The van der Waals surface area contributed by atoms with Crippen LogP contribution in [0.2, 0.25) is 0 Å². The van der Waals surface area contributed by atoms with Gasteiger partial charge in [-0.3, -0.25) is 4.21 Å². The van der Waals surface area contributed by atoms with Crippen molar-refractivity contribution in [2.75, 3.05) is 5.73 Å². The highest BCUT2D eigenvalue weighted by molar-refractivity contribution is 9.10. The van der Waals surface area contributed by atoms with Crippen LogP contribution in [0.3, 0.4) is 0 Å². The van der Waals surface area contributed by atoms with Crippen LogP contribution in [-0.2, 0) is 16.6 Å². The number of nitrogen functional groups attached to an aromatic ring is 1. The molecule has 7 heteroatoms. The Morgan fingerprint density at radius 2 is 2.21 bits per heavy atom. The second-order valence-electron chi connectivity index (χ2n) is 3.93. The van der Waals surface area contributed by atoms with E-state index in [4.69, 9.17) is 5.73 Å². The standard InChI is InChI=1S/C12H9BrN2OS3/c13-7-3-9(17-5-7)6-19(16)12-15-10-2-1-8(14)4-11(10)18-12/h1-5H,6,14H2. The molecule has 3 nitrogen and oxygen atoms in total. The minimum atomic E-state index is -1.10. The van der Waals surface area contributed by atoms with E-state index in [9.17, 15) is 4.21 Å². The summed E-state index contributed by atoms with van der Waals surface area (Å²) >= 11 is 6.44. The highest BCUT2D eigenvalue weighted by atomic mass is 79.9. The first-order valence-corrected chi connectivity index (χ1v) is 9.20. The fourth-order valence-corrected chi connectivity index (χ4v) is 5.70. The number of anilines is 1. The predicted molar refractivity (Wildman–Crippen MR) is 86.2 cm³/mol. The number of benzene rings is 1. The number of hydrogen-bond donors (Lipinski definition) is 1. The van der Waals surface area contributed by atoms with E-state index in [2.05, 4.69) is 20.9 Å². The third kappa shape index (κ3) is 2.89. The highest BCUT2D eigenvalue weighted by Gasteiger charge is 2.12. The van der Waals surface area contributed by atoms with Gasteiger partial charge in [0, 0.05) is 20.4 Å². The zero-order valence-electron chi connectivity index (χ0n) is 9.63. The molecule has 0 amide bonds. The first-order chi connectivity index (χ1) is 9.11. The maximum Gasteiger partial charge on any atom is 0.182 e. The van der Waals surface area contributed by atoms with E-state index in [1.165, 1.54) is 11.3 Å². The Bertz CT molecular complexity index is 765. The average Bonchev–Trinajstić information content (AvgIpc) is 2.95. The lowest BCUT2D eigenvalue weighted by molar-refractivity contribution is 0.682. The molecule has 3 rings (SSSR count). The zero-order chi connectivity index (χ0) is 13.4. The van der Waals surface area contributed by atoms with Gasteiger partial charge in [0.15, 0.2) is 4.34 Å². The maximum absolute atomic E-state index is 12.3. The monoisotopic (exact) mass is 372 g/mol. The van der Waals surface area contributed by atoms with Crippen LogP contribution in [0.25, 0.3) is 10.2 Å². The number of aromatic nitrogens is 1. The largest absolute Gasteiger partial charge is 0.399 e. The van der Waals surface area contributed by atoms with Crippen molar-refractivity contribution in [3.63, 3.8) is 0 Å². The maximum atomic E-state index is 12.3. The van der Waals surface area contributed by atoms with Gasteiger partial charge in [0.2, 0.25) is 0 Å². The summed E-state index contributed by atoms with van der Waals surface area (Å²) in [6.45, 7) is 0. The first-order valence-electron chi connectivity index (χ1n) is 5.39. The third-order valence-electron chi connectivity index (χ3n) is 2.48. The van der Waals surface area contributed by atoms with E-state index < -0.39 is 10.8 Å². The molecule has 0 saturated carbocycles. The van der Waals surface area contributed by atoms with Crippen LogP contribution in [0.4, 0.5) is 5.69 Å². The molecule has 2 N–H and O–H groups in total. The summed E-state index contributed by atoms with van der Waals surface area (Å²) in [6, 6.07) is 7.54. The zero-order valence-corrected chi connectivity index (χ0v) is 13.7. The molecule has 0 radical (unpaired) electrons. The van der Waals surface area contributed by atoms with Crippen molar-refractivity contribution in [3.05, 3.63) is 39.0 Å². The van der Waals surface area contributed by atoms with Gasteiger partial charge in [0.05, 0.1) is 26.8 Å². The summed E-state index contributed by atoms with van der Waals surface area (Å²) in [7, 11) is -1.10. The summed E-state index contributed by atoms with van der Waals surface area (Å²) in [5, 5.41) is 1.99. The topological polar surface area (TPSA) is 56.0 Å². The Labute approximate surface area is 129 Å². The Hall–Kier alpha value is -0.760. The van der Waals surface area contributed by atoms with Gasteiger partial charge in [0.25, 0.3) is 0 Å². The Balaban J connectivity index is 1.89. The number of nitrogens with zero attached hydrogens (tertiary/aromatic N) is 1. The van der Waals surface area contributed by atoms with Crippen LogP contribution >= 0.6 is 38.6 Å². The van der Waals surface area contributed by atoms with Gasteiger partial charge in [-0.2, -0.15) is 0 Å². The average molecular weight is 373 g/mol. The molecule has 0 aliphatic heterocycles. The van der Waals surface area contributed by atoms with Crippen LogP contribution < -0.4 is 5.73 Å². The predicted octanol–water partition coefficient (Wildman–Crippen LogP) is 4.01. The molecule has 98 valence electrons. The Morgan fingerprint density at radius 3 is 2.95 bits per heavy atom. The van der Waals surface area contributed by atoms with Gasteiger partial charge in [-0.25, -0.2) is 4.98 Å². The molecule has 0 saturated heterocycles. The lowest BCUT2D eigenvalue weighted by Gasteiger charge is -1.94. The summed E-state index contributed by atoms with van der Waals surface area (Å²) < 4.78 is 15.0. The van der Waals surface area contributed by atoms with Gasteiger partial charge in [-0.1, -0.05) is 0 Å². The molecular formula is C12H9BrN2OS3. The number of hydrogen-bond acceptors (Lipinski definition) is 5. The summed E-state index contributed by atoms with van der Waals surface area (Å²) in [6.07, 6.45) is 0. The number of nitrogens with two attached hydrogens (primary N) is 1. The normalized spacial score (nSPS) is 12.9. The van der Waals surface area contributed by atoms with Crippen LogP contribution in [0.15, 0.2) is 38.5 Å². The Kier molecular flexibility index (Phi) is 3.70. The first kappa shape index (κ1) is 13.2. The lowest BCUT2D eigenvalue weighted by atomic mass is 10.3. The van der Waals surface area contributed by atoms with Crippen LogP contribution in [0, 0.1) is 0 Å². The molecule has 3 aromatic rings. The number of thiazole rings is 1. The number of fused-ring (bicyclic) bond motifs is 1. The molecule has 0 aliphatic carbocycles. The van der Waals surface area contributed by atoms with Gasteiger partial charge in [0.1, 0.15) is 0 Å². The summed E-state index contributed by atoms with van der Waals surface area (Å²) in [5.41, 5.74) is 7.30. The minimum absolute atomic E-state index is 0.506. The van der Waals surface area contributed by atoms with Gasteiger partial charge < -0.3 is 5.73 Å². The molecule has 2 heterocycles. The van der Waals surface area contributed by atoms with E-state index in [1.807, 2.05) is 29.6 Å². The molecule has 1 unspecified atom stereocenters. The molecule has 0 aliphatic rings. The van der Waals surface area contributed by atoms with Crippen LogP contribution in [-0.4, -0.2) is 9.19 Å². The second kappa shape index (κ2) is 5.32. The third-order valence-corrected chi connectivity index (χ3v) is 7.04. The van der Waals surface area contributed by atoms with Crippen molar-refractivity contribution >= 4 is 65.3 Å². The summed E-state index contributed by atoms with van der Waals surface area (Å²) in [4.78, 5) is 5.50. The highest BCUT2D eigenvalue weighted by Crippen LogP contribution is 2.28. The molecular weight excluding hydrogens is 364 g/mol. The van der Waals surface area contributed by atoms with Crippen molar-refractivity contribution in [1.29, 1.82) is 0 Å². The van der Waals surface area contributed by atoms with E-state index >= 15 is 0 Å². The van der Waals surface area contributed by atoms with Gasteiger partial charge in [-0.15, -0.1) is 22.7 Å². The van der Waals surface area contributed by atoms with Crippen molar-refractivity contribution in [2.24, 2.45) is 0 Å². The van der Waals surface area contributed by atoms with Crippen molar-refractivity contribution < 1.29 is 4.21 Å². The van der Waals surface area contributed by atoms with Gasteiger partial charge in [-0.05, 0) is 40.2 Å². The van der Waals surface area contributed by atoms with E-state index in [1.54, 1.807) is 11.3 Å². The fraction of sp³-hybridized carbons (Fsp3) is 0.0833. The fourth-order valence-electron chi connectivity index (χ4n) is 1.64. The molecule has 0 fully saturated rings. The van der Waals surface area contributed by atoms with Crippen molar-refractivity contribution in [1.82, 2.24) is 4.98 Å². The number of thiophene rings is 1. The number of rotatable bonds is 3. The molecule has 0 bridgehead atoms. The molecule has 1 aromatic carbocycles. The molecule has 0 spiro atoms. The van der Waals surface area contributed by atoms with Crippen LogP contribution in [0.5, 0.6) is 0 Å². The van der Waals surface area contributed by atoms with Crippen molar-refractivity contribution in [2.45, 2.75) is 10.1 Å². The molecule has 1 atom stereocenters. The second-order valence-corrected chi connectivity index (χ2v) is 8.49. The minimum Gasteiger partial charge on any atom is -0.399 e. The SMILES string of the molecule is Nc1ccc2nc(S(=O)Cc3cc(Br)cs3)sc2c1. The van der Waals surface area contributed by atoms with Crippen molar-refractivity contribution in [3.8, 4) is 0 Å². The van der Waals surface area contributed by atoms with Gasteiger partial charge >= 0.3 is 0 Å². The van der Waals surface area contributed by atoms with Crippen LogP contribution in [0.1, 0.15) is 4.88 Å². The summed E-state index contributed by atoms with van der Waals surface area (Å²) in [5.74, 6) is 0.506. The molecule has 19 heavy (non-hydrogen) atoms. The number of halogens is 1. The van der Waals surface area contributed by atoms with E-state index in [0.717, 1.165) is 19.6 Å². The Morgan fingerprint density at radius 1 is 1.37 bits per heavy atom. The lowest BCUT2D eigenvalue weighted by Crippen LogP contribution is -1.93. The smallest absolute Gasteiger partial charge is 0.182 e.